The molecule has 1 N–H and O–H groups in total. The summed E-state index contributed by atoms with van der Waals surface area (Å²) in [6.45, 7) is 7.58. The second-order valence-corrected chi connectivity index (χ2v) is 6.02. The molecule has 0 amide bonds. The number of hydrogen-bond donors (Lipinski definition) is 1. The van der Waals surface area contributed by atoms with Crippen molar-refractivity contribution in [2.45, 2.75) is 25.4 Å². The molecule has 0 aliphatic carbocycles. The van der Waals surface area contributed by atoms with Crippen molar-refractivity contribution in [3.63, 3.8) is 0 Å². The van der Waals surface area contributed by atoms with E-state index in [9.17, 15) is 0 Å². The largest absolute Gasteiger partial charge is 0.307 e. The van der Waals surface area contributed by atoms with Crippen LogP contribution in [0.25, 0.3) is 0 Å². The molecule has 0 radical (unpaired) electrons. The number of rotatable bonds is 4. The van der Waals surface area contributed by atoms with E-state index >= 15 is 0 Å². The Balaban J connectivity index is 1.68. The fourth-order valence-electron chi connectivity index (χ4n) is 3.12. The zero-order valence-electron chi connectivity index (χ0n) is 12.7. The number of hydrogen-bond acceptors (Lipinski definition) is 3. The van der Waals surface area contributed by atoms with Crippen LogP contribution in [0.15, 0.2) is 48.8 Å². The van der Waals surface area contributed by atoms with Gasteiger partial charge in [-0.2, -0.15) is 5.10 Å². The van der Waals surface area contributed by atoms with Crippen LogP contribution in [-0.2, 0) is 12.1 Å². The molecule has 1 unspecified atom stereocenters. The van der Waals surface area contributed by atoms with Gasteiger partial charge in [-0.15, -0.1) is 0 Å². The first-order valence-electron chi connectivity index (χ1n) is 7.77. The van der Waals surface area contributed by atoms with Crippen LogP contribution in [0, 0.1) is 0 Å². The van der Waals surface area contributed by atoms with E-state index in [1.807, 2.05) is 23.1 Å². The van der Waals surface area contributed by atoms with Gasteiger partial charge in [0.15, 0.2) is 0 Å². The Hall–Kier alpha value is -1.65. The zero-order valence-corrected chi connectivity index (χ0v) is 12.7. The van der Waals surface area contributed by atoms with Crippen LogP contribution in [0.4, 0.5) is 0 Å². The lowest BCUT2D eigenvalue weighted by atomic mass is 9.91. The highest BCUT2D eigenvalue weighted by atomic mass is 15.3. The standard InChI is InChI=1S/C17H24N4/c1-17(16-7-3-2-4-8-16)15-20(11-5-9-18-17)13-14-21-12-6-10-19-21/h2-4,6-8,10,12,18H,5,9,11,13-15H2,1H3. The molecule has 1 aliphatic rings. The highest BCUT2D eigenvalue weighted by Crippen LogP contribution is 2.23. The molecular formula is C17H24N4. The topological polar surface area (TPSA) is 33.1 Å². The highest BCUT2D eigenvalue weighted by molar-refractivity contribution is 5.24. The fraction of sp³-hybridized carbons (Fsp3) is 0.471. The number of nitrogens with zero attached hydrogens (tertiary/aromatic N) is 3. The maximum absolute atomic E-state index is 4.29. The third-order valence-corrected chi connectivity index (χ3v) is 4.32. The van der Waals surface area contributed by atoms with Gasteiger partial charge in [0, 0.05) is 25.5 Å². The molecule has 0 saturated carbocycles. The maximum atomic E-state index is 4.29. The molecule has 0 bridgehead atoms. The summed E-state index contributed by atoms with van der Waals surface area (Å²) in [5.74, 6) is 0. The van der Waals surface area contributed by atoms with E-state index in [2.05, 4.69) is 52.6 Å². The average Bonchev–Trinajstić information content (AvgIpc) is 2.96. The monoisotopic (exact) mass is 284 g/mol. The fourth-order valence-corrected chi connectivity index (χ4v) is 3.12. The van der Waals surface area contributed by atoms with Crippen LogP contribution in [-0.4, -0.2) is 40.9 Å². The smallest absolute Gasteiger partial charge is 0.0536 e. The maximum Gasteiger partial charge on any atom is 0.0536 e. The van der Waals surface area contributed by atoms with E-state index in [1.165, 1.54) is 12.0 Å². The summed E-state index contributed by atoms with van der Waals surface area (Å²) in [4.78, 5) is 2.55. The Morgan fingerprint density at radius 3 is 2.81 bits per heavy atom. The molecule has 2 heterocycles. The van der Waals surface area contributed by atoms with E-state index in [1.54, 1.807) is 0 Å². The average molecular weight is 284 g/mol. The molecule has 21 heavy (non-hydrogen) atoms. The molecule has 1 aromatic carbocycles. The summed E-state index contributed by atoms with van der Waals surface area (Å²) in [5.41, 5.74) is 1.40. The summed E-state index contributed by atoms with van der Waals surface area (Å²) in [6, 6.07) is 12.8. The summed E-state index contributed by atoms with van der Waals surface area (Å²) in [5, 5.41) is 8.03. The zero-order chi connectivity index (χ0) is 14.5. The van der Waals surface area contributed by atoms with Gasteiger partial charge in [0.1, 0.15) is 0 Å². The lowest BCUT2D eigenvalue weighted by molar-refractivity contribution is 0.211. The molecule has 1 aliphatic heterocycles. The van der Waals surface area contributed by atoms with Gasteiger partial charge >= 0.3 is 0 Å². The van der Waals surface area contributed by atoms with Crippen LogP contribution in [0.5, 0.6) is 0 Å². The molecule has 4 nitrogen and oxygen atoms in total. The second-order valence-electron chi connectivity index (χ2n) is 6.02. The van der Waals surface area contributed by atoms with Crippen LogP contribution >= 0.6 is 0 Å². The third kappa shape index (κ3) is 3.52. The molecule has 1 saturated heterocycles. The second kappa shape index (κ2) is 6.41. The Morgan fingerprint density at radius 1 is 1.19 bits per heavy atom. The molecule has 2 aromatic rings. The minimum Gasteiger partial charge on any atom is -0.307 e. The van der Waals surface area contributed by atoms with Gasteiger partial charge in [0.05, 0.1) is 12.1 Å². The van der Waals surface area contributed by atoms with Crippen molar-refractivity contribution in [2.24, 2.45) is 0 Å². The van der Waals surface area contributed by atoms with E-state index in [4.69, 9.17) is 0 Å². The van der Waals surface area contributed by atoms with Gasteiger partial charge in [0.2, 0.25) is 0 Å². The quantitative estimate of drug-likeness (QED) is 0.933. The van der Waals surface area contributed by atoms with Gasteiger partial charge < -0.3 is 5.32 Å². The van der Waals surface area contributed by atoms with Crippen LogP contribution in [0.1, 0.15) is 18.9 Å². The van der Waals surface area contributed by atoms with Gasteiger partial charge in [-0.1, -0.05) is 30.3 Å². The predicted octanol–water partition coefficient (Wildman–Crippen LogP) is 2.09. The van der Waals surface area contributed by atoms with Gasteiger partial charge in [-0.25, -0.2) is 0 Å². The molecule has 0 spiro atoms. The summed E-state index contributed by atoms with van der Waals surface area (Å²) < 4.78 is 2.01. The SMILES string of the molecule is CC1(c2ccccc2)CN(CCn2cccn2)CCCN1. The van der Waals surface area contributed by atoms with Crippen molar-refractivity contribution in [3.8, 4) is 0 Å². The molecule has 1 atom stereocenters. The van der Waals surface area contributed by atoms with Crippen molar-refractivity contribution in [3.05, 3.63) is 54.4 Å². The molecular weight excluding hydrogens is 260 g/mol. The number of nitrogens with one attached hydrogen (secondary N) is 1. The first-order valence-corrected chi connectivity index (χ1v) is 7.77. The molecule has 1 aromatic heterocycles. The summed E-state index contributed by atoms with van der Waals surface area (Å²) in [6.07, 6.45) is 5.08. The van der Waals surface area contributed by atoms with Crippen molar-refractivity contribution in [2.75, 3.05) is 26.2 Å². The Morgan fingerprint density at radius 2 is 2.05 bits per heavy atom. The van der Waals surface area contributed by atoms with Crippen molar-refractivity contribution in [1.29, 1.82) is 0 Å². The predicted molar refractivity (Wildman–Crippen MR) is 85.1 cm³/mol. The van der Waals surface area contributed by atoms with Gasteiger partial charge in [0.25, 0.3) is 0 Å². The summed E-state index contributed by atoms with van der Waals surface area (Å²) >= 11 is 0. The minimum atomic E-state index is 0.0296. The van der Waals surface area contributed by atoms with Gasteiger partial charge in [-0.05, 0) is 38.1 Å². The minimum absolute atomic E-state index is 0.0296. The molecule has 1 fully saturated rings. The molecule has 4 heteroatoms. The summed E-state index contributed by atoms with van der Waals surface area (Å²) in [7, 11) is 0. The van der Waals surface area contributed by atoms with Crippen molar-refractivity contribution < 1.29 is 0 Å². The normalized spacial score (nSPS) is 23.9. The van der Waals surface area contributed by atoms with Crippen molar-refractivity contribution >= 4 is 0 Å². The highest BCUT2D eigenvalue weighted by Gasteiger charge is 2.30. The lowest BCUT2D eigenvalue weighted by Gasteiger charge is -2.34. The van der Waals surface area contributed by atoms with Crippen molar-refractivity contribution in [1.82, 2.24) is 20.0 Å². The number of benzene rings is 1. The van der Waals surface area contributed by atoms with E-state index in [0.717, 1.165) is 32.7 Å². The first kappa shape index (κ1) is 14.3. The molecule has 112 valence electrons. The third-order valence-electron chi connectivity index (χ3n) is 4.32. The lowest BCUT2D eigenvalue weighted by Crippen LogP contribution is -2.47. The van der Waals surface area contributed by atoms with E-state index < -0.39 is 0 Å². The Kier molecular flexibility index (Phi) is 4.36. The Bertz CT molecular complexity index is 537. The van der Waals surface area contributed by atoms with Crippen LogP contribution in [0.3, 0.4) is 0 Å². The van der Waals surface area contributed by atoms with E-state index in [0.29, 0.717) is 0 Å². The number of aromatic nitrogens is 2. The molecule has 3 rings (SSSR count). The first-order chi connectivity index (χ1) is 10.3. The van der Waals surface area contributed by atoms with Crippen LogP contribution in [0.2, 0.25) is 0 Å². The Labute approximate surface area is 126 Å². The van der Waals surface area contributed by atoms with Crippen LogP contribution < -0.4 is 5.32 Å². The van der Waals surface area contributed by atoms with Gasteiger partial charge in [-0.3, -0.25) is 9.58 Å². The van der Waals surface area contributed by atoms with E-state index in [-0.39, 0.29) is 5.54 Å².